The number of nitrogens with two attached hydrogens (primary N) is 7. The molecule has 36 heteroatoms. The summed E-state index contributed by atoms with van der Waals surface area (Å²) in [6.45, 7) is 14.3. The lowest BCUT2D eigenvalue weighted by atomic mass is 9.96. The molecule has 11 amide bonds. The van der Waals surface area contributed by atoms with Crippen molar-refractivity contribution in [1.82, 2.24) is 68.5 Å². The number of carboxylic acid groups (broad SMARTS) is 1. The van der Waals surface area contributed by atoms with Crippen LogP contribution in [-0.4, -0.2) is 202 Å². The number of para-hydroxylation sites is 2. The zero-order chi connectivity index (χ0) is 86.4. The number of carbonyl (C=O) groups excluding carboxylic acids is 11. The maximum Gasteiger partial charge on any atom is 0.326 e. The number of aromatic amines is 2. The van der Waals surface area contributed by atoms with Crippen LogP contribution < -0.4 is 98.6 Å². The van der Waals surface area contributed by atoms with Gasteiger partial charge in [0.2, 0.25) is 65.0 Å². The van der Waals surface area contributed by atoms with Gasteiger partial charge in [-0.3, -0.25) is 62.7 Å². The quantitative estimate of drug-likeness (QED) is 0.0141. The smallest absolute Gasteiger partial charge is 0.326 e. The number of nitrogens with one attached hydrogen (secondary N) is 13. The van der Waals surface area contributed by atoms with Gasteiger partial charge in [-0.1, -0.05) is 110 Å². The summed E-state index contributed by atoms with van der Waals surface area (Å²) < 4.78 is 0. The third-order valence-corrected chi connectivity index (χ3v) is 19.7. The highest BCUT2D eigenvalue weighted by Gasteiger charge is 2.38. The van der Waals surface area contributed by atoms with Gasteiger partial charge >= 0.3 is 5.97 Å². The number of amides is 11. The first-order valence-electron chi connectivity index (χ1n) is 40.3. The second kappa shape index (κ2) is 49.5. The lowest BCUT2D eigenvalue weighted by Crippen LogP contribution is -2.60. The largest absolute Gasteiger partial charge is 0.508 e. The van der Waals surface area contributed by atoms with E-state index in [4.69, 9.17) is 40.1 Å². The molecule has 0 radical (unpaired) electrons. The van der Waals surface area contributed by atoms with Crippen LogP contribution in [0.1, 0.15) is 162 Å². The number of H-pyrrole nitrogens is 2. The Hall–Kier alpha value is -11.4. The Morgan fingerprint density at radius 3 is 1.20 bits per heavy atom. The summed E-state index contributed by atoms with van der Waals surface area (Å²) in [4.78, 5) is 186. The molecule has 0 bridgehead atoms. The van der Waals surface area contributed by atoms with E-state index in [-0.39, 0.29) is 139 Å². The summed E-state index contributed by atoms with van der Waals surface area (Å²) in [5.41, 5.74) is 44.1. The predicted molar refractivity (Wildman–Crippen MR) is 447 cm³/mol. The van der Waals surface area contributed by atoms with E-state index in [1.807, 2.05) is 76.2 Å². The minimum atomic E-state index is -1.49. The number of aromatic nitrogens is 2. The highest BCUT2D eigenvalue weighted by Crippen LogP contribution is 2.23. The van der Waals surface area contributed by atoms with Crippen LogP contribution in [0.4, 0.5) is 0 Å². The molecule has 0 aliphatic rings. The van der Waals surface area contributed by atoms with Crippen LogP contribution in [0.15, 0.2) is 95.2 Å². The van der Waals surface area contributed by atoms with Crippen molar-refractivity contribution in [3.63, 3.8) is 0 Å². The number of aliphatic carboxylic acids is 1. The maximum absolute atomic E-state index is 15.0. The average Bonchev–Trinajstić information content (AvgIpc) is 1.74. The van der Waals surface area contributed by atoms with Gasteiger partial charge in [-0.15, -0.1) is 0 Å². The second-order valence-corrected chi connectivity index (χ2v) is 31.0. The molecule has 0 saturated heterocycles. The van der Waals surface area contributed by atoms with Crippen molar-refractivity contribution >= 4 is 105 Å². The fraction of sp³-hybridized carbons (Fsp3) is 0.556. The van der Waals surface area contributed by atoms with E-state index >= 15 is 0 Å². The van der Waals surface area contributed by atoms with E-state index in [0.717, 1.165) is 27.4 Å². The Labute approximate surface area is 683 Å². The number of hydrogen-bond acceptors (Lipinski definition) is 18. The van der Waals surface area contributed by atoms with Crippen LogP contribution in [0.2, 0.25) is 0 Å². The summed E-state index contributed by atoms with van der Waals surface area (Å²) in [5.74, 6) is -11.6. The van der Waals surface area contributed by atoms with Gasteiger partial charge < -0.3 is 119 Å². The number of guanidine groups is 2. The Morgan fingerprint density at radius 1 is 0.419 bits per heavy atom. The van der Waals surface area contributed by atoms with Crippen molar-refractivity contribution in [3.05, 3.63) is 102 Å². The number of unbranched alkanes of at least 4 members (excludes halogenated alkanes) is 2. The molecule has 36 nitrogen and oxygen atoms in total. The summed E-state index contributed by atoms with van der Waals surface area (Å²) in [6, 6.07) is 6.20. The molecule has 117 heavy (non-hydrogen) atoms. The third kappa shape index (κ3) is 33.4. The van der Waals surface area contributed by atoms with Gasteiger partial charge in [0, 0.05) is 60.1 Å². The summed E-state index contributed by atoms with van der Waals surface area (Å²) >= 11 is 0. The zero-order valence-corrected chi connectivity index (χ0v) is 68.5. The molecule has 0 unspecified atom stereocenters. The number of benzene rings is 3. The van der Waals surface area contributed by atoms with Crippen molar-refractivity contribution in [2.24, 2.45) is 73.8 Å². The number of nitrogens with zero attached hydrogens (tertiary/aromatic N) is 2. The molecule has 0 spiro atoms. The normalized spacial score (nSPS) is 14.4. The minimum Gasteiger partial charge on any atom is -0.508 e. The van der Waals surface area contributed by atoms with E-state index in [0.29, 0.717) is 43.2 Å². The Kier molecular flexibility index (Phi) is 40.7. The predicted octanol–water partition coefficient (Wildman–Crippen LogP) is 0.308. The molecule has 2 heterocycles. The number of carboxylic acids is 1. The molecular formula is C81H126N22O14. The SMILES string of the molecule is CC[C@H](C)[C@H](NC(=O)[C@H](Cc1c[nH]c2ccccc12)NC(=O)[C@H](CC(C)C)NC(=O)[C@H](CC(C)C)NC(=O)[C@@H](N)Cc1c[nH]c2ccccc12)C(=O)NCC(=O)N[C@@H](CC(C)C)C(=O)N[C@@H](CCCN=C(N)N)C(=O)N[C@@H](CCCCN)C(=O)N[C@@H](CCCCN)C(=O)N[C@@H](CCCN=C(N)N)C(=O)N[C@@H](Cc1ccc(O)cc1)C(=O)O. The summed E-state index contributed by atoms with van der Waals surface area (Å²) in [6.07, 6.45) is 5.43. The first kappa shape index (κ1) is 96.2. The first-order chi connectivity index (χ1) is 55.6. The summed E-state index contributed by atoms with van der Waals surface area (Å²) in [5, 5.41) is 51.7. The fourth-order valence-corrected chi connectivity index (χ4v) is 13.3. The molecule has 0 fully saturated rings. The van der Waals surface area contributed by atoms with Gasteiger partial charge in [0.05, 0.1) is 12.6 Å². The van der Waals surface area contributed by atoms with Gasteiger partial charge in [0.25, 0.3) is 0 Å². The Balaban J connectivity index is 1.35. The number of phenolic OH excluding ortho intramolecular Hbond substituents is 1. The van der Waals surface area contributed by atoms with Gasteiger partial charge in [-0.25, -0.2) is 4.79 Å². The van der Waals surface area contributed by atoms with E-state index in [1.165, 1.54) is 24.3 Å². The number of aromatic hydroxyl groups is 1. The molecule has 5 rings (SSSR count). The number of rotatable bonds is 53. The minimum absolute atomic E-state index is 0.000191. The average molecular weight is 1630 g/mol. The van der Waals surface area contributed by atoms with Crippen molar-refractivity contribution in [3.8, 4) is 5.75 Å². The van der Waals surface area contributed by atoms with E-state index in [2.05, 4.69) is 78.4 Å². The van der Waals surface area contributed by atoms with Crippen LogP contribution in [0, 0.1) is 23.7 Å². The standard InChI is InChI=1S/C81H126N22O14/c1-9-48(8)68(103-77(114)65(41-51-43-92-57-23-13-11-21-54(51)57)101-76(113)64(38-47(6)7)100-75(112)63(37-46(4)5)99-69(106)55(84)40-50-42-91-56-22-12-10-20-53(50)56)78(115)93-44-67(105)94-62(36-45(2)3)74(111)98-60(26-18-34-89-80(85)86)72(109)96-58(24-14-16-32-82)70(107)95-59(25-15-17-33-83)71(108)97-61(27-19-35-90-81(87)88)73(110)102-66(79(116)117)39-49-28-30-52(104)31-29-49/h10-13,20-23,28-31,42-43,45-48,55,58-66,68,91-92,104H,9,14-19,24-27,32-41,44,82-84H2,1-8H3,(H,93,115)(H,94,105)(H,95,107)(H,96,109)(H,97,108)(H,98,111)(H,99,106)(H,100,112)(H,101,113)(H,102,110)(H,103,114)(H,116,117)(H4,85,86,89)(H4,87,88,90)/t48-,55-,58-,59-,60-,61-,62-,63-,64-,65-,66-,68-/m0/s1. The van der Waals surface area contributed by atoms with Crippen molar-refractivity contribution < 1.29 is 67.7 Å². The molecule has 0 aliphatic heterocycles. The number of aliphatic imine (C=N–C) groups is 2. The number of carbonyl (C=O) groups is 12. The monoisotopic (exact) mass is 1630 g/mol. The van der Waals surface area contributed by atoms with Gasteiger partial charge in [-0.05, 0) is 168 Å². The van der Waals surface area contributed by atoms with E-state index < -0.39 is 150 Å². The van der Waals surface area contributed by atoms with Gasteiger partial charge in [-0.2, -0.15) is 0 Å². The van der Waals surface area contributed by atoms with E-state index in [1.54, 1.807) is 40.1 Å². The van der Waals surface area contributed by atoms with Crippen LogP contribution >= 0.6 is 0 Å². The van der Waals surface area contributed by atoms with Crippen LogP contribution in [0.5, 0.6) is 5.75 Å². The molecule has 12 atom stereocenters. The molecule has 0 aliphatic carbocycles. The molecule has 644 valence electrons. The molecule has 29 N–H and O–H groups in total. The lowest BCUT2D eigenvalue weighted by Gasteiger charge is -2.29. The highest BCUT2D eigenvalue weighted by atomic mass is 16.4. The zero-order valence-electron chi connectivity index (χ0n) is 68.5. The second-order valence-electron chi connectivity index (χ2n) is 31.0. The highest BCUT2D eigenvalue weighted by molar-refractivity contribution is 6.00. The lowest BCUT2D eigenvalue weighted by molar-refractivity contribution is -0.142. The van der Waals surface area contributed by atoms with Gasteiger partial charge in [0.15, 0.2) is 11.9 Å². The first-order valence-corrected chi connectivity index (χ1v) is 40.3. The van der Waals surface area contributed by atoms with Gasteiger partial charge in [0.1, 0.15) is 66.2 Å². The molecule has 2 aromatic heterocycles. The molecule has 3 aromatic carbocycles. The van der Waals surface area contributed by atoms with Crippen LogP contribution in [0.3, 0.4) is 0 Å². The number of fused-ring (bicyclic) bond motifs is 2. The van der Waals surface area contributed by atoms with Crippen molar-refractivity contribution in [2.45, 2.75) is 231 Å². The van der Waals surface area contributed by atoms with Crippen molar-refractivity contribution in [2.75, 3.05) is 32.7 Å². The van der Waals surface area contributed by atoms with Crippen LogP contribution in [0.25, 0.3) is 21.8 Å². The number of phenols is 1. The Bertz CT molecular complexity index is 4140. The van der Waals surface area contributed by atoms with Crippen molar-refractivity contribution in [1.29, 1.82) is 0 Å². The number of hydrogen-bond donors (Lipinski definition) is 22. The topological polar surface area (TPSA) is 616 Å². The Morgan fingerprint density at radius 2 is 0.786 bits per heavy atom. The van der Waals surface area contributed by atoms with Crippen LogP contribution in [-0.2, 0) is 76.8 Å². The molecule has 0 saturated carbocycles. The molecular weight excluding hydrogens is 1510 g/mol. The fourth-order valence-electron chi connectivity index (χ4n) is 13.3. The third-order valence-electron chi connectivity index (χ3n) is 19.7. The summed E-state index contributed by atoms with van der Waals surface area (Å²) in [7, 11) is 0. The maximum atomic E-state index is 15.0. The molecule has 5 aromatic rings. The van der Waals surface area contributed by atoms with E-state index in [9.17, 15) is 67.7 Å².